The van der Waals surface area contributed by atoms with Gasteiger partial charge < -0.3 is 15.0 Å². The molecule has 0 saturated carbocycles. The van der Waals surface area contributed by atoms with Crippen LogP contribution in [0.4, 0.5) is 5.69 Å². The van der Waals surface area contributed by atoms with Crippen LogP contribution in [-0.2, 0) is 24.7 Å². The van der Waals surface area contributed by atoms with E-state index in [9.17, 15) is 4.79 Å². The van der Waals surface area contributed by atoms with Crippen LogP contribution in [0, 0.1) is 17.8 Å². The Morgan fingerprint density at radius 1 is 1.14 bits per heavy atom. The zero-order chi connectivity index (χ0) is 25.1. The molecule has 5 rings (SSSR count). The van der Waals surface area contributed by atoms with Crippen molar-refractivity contribution in [2.75, 3.05) is 24.5 Å². The van der Waals surface area contributed by atoms with Crippen molar-refractivity contribution in [1.29, 1.82) is 0 Å². The standard InChI is InChI=1S/C29H33N5O2/c1-4-6-7-26-24(5-2)27(34-16-13-29(14-17-34)12-15-30-28(29)35)25(19-31-26)21-8-10-22(11-9-21)36-23-18-32-33(3)20-23/h1,8-11,18-20H,5-7,12-17H2,2-3H3,(H,30,35). The summed E-state index contributed by atoms with van der Waals surface area (Å²) in [6.07, 6.45) is 16.1. The van der Waals surface area contributed by atoms with Gasteiger partial charge in [0.05, 0.1) is 23.5 Å². The van der Waals surface area contributed by atoms with Crippen molar-refractivity contribution in [3.05, 3.63) is 54.1 Å². The molecular formula is C29H33N5O2. The van der Waals surface area contributed by atoms with Gasteiger partial charge in [-0.15, -0.1) is 12.3 Å². The molecule has 2 aliphatic rings. The number of terminal acetylenes is 1. The Morgan fingerprint density at radius 2 is 1.92 bits per heavy atom. The smallest absolute Gasteiger partial charge is 0.226 e. The van der Waals surface area contributed by atoms with Crippen molar-refractivity contribution >= 4 is 11.6 Å². The second-order valence-electron chi connectivity index (χ2n) is 9.75. The van der Waals surface area contributed by atoms with Crippen LogP contribution >= 0.6 is 0 Å². The second-order valence-corrected chi connectivity index (χ2v) is 9.75. The lowest BCUT2D eigenvalue weighted by molar-refractivity contribution is -0.128. The molecule has 1 aromatic carbocycles. The molecular weight excluding hydrogens is 450 g/mol. The van der Waals surface area contributed by atoms with Gasteiger partial charge in [-0.1, -0.05) is 19.1 Å². The maximum Gasteiger partial charge on any atom is 0.226 e. The molecule has 0 unspecified atom stereocenters. The van der Waals surface area contributed by atoms with E-state index in [1.165, 1.54) is 11.3 Å². The molecule has 186 valence electrons. The number of benzene rings is 1. The zero-order valence-corrected chi connectivity index (χ0v) is 21.1. The van der Waals surface area contributed by atoms with E-state index in [0.29, 0.717) is 12.2 Å². The Bertz CT molecular complexity index is 1280. The minimum Gasteiger partial charge on any atom is -0.454 e. The largest absolute Gasteiger partial charge is 0.454 e. The predicted molar refractivity (Wildman–Crippen MR) is 141 cm³/mol. The van der Waals surface area contributed by atoms with Crippen molar-refractivity contribution in [2.24, 2.45) is 12.5 Å². The van der Waals surface area contributed by atoms with Gasteiger partial charge >= 0.3 is 0 Å². The third-order valence-electron chi connectivity index (χ3n) is 7.59. The lowest BCUT2D eigenvalue weighted by Crippen LogP contribution is -2.44. The number of hydrogen-bond donors (Lipinski definition) is 1. The van der Waals surface area contributed by atoms with Crippen LogP contribution in [0.2, 0.25) is 0 Å². The average Bonchev–Trinajstić information content (AvgIpc) is 3.47. The number of aryl methyl sites for hydroxylation is 2. The van der Waals surface area contributed by atoms with Crippen LogP contribution in [0.15, 0.2) is 42.9 Å². The third kappa shape index (κ3) is 4.56. The first-order chi connectivity index (χ1) is 17.5. The first-order valence-corrected chi connectivity index (χ1v) is 12.8. The van der Waals surface area contributed by atoms with Crippen LogP contribution in [0.1, 0.15) is 43.9 Å². The highest BCUT2D eigenvalue weighted by molar-refractivity contribution is 5.86. The maximum absolute atomic E-state index is 12.6. The number of aromatic nitrogens is 3. The van der Waals surface area contributed by atoms with E-state index in [2.05, 4.69) is 40.3 Å². The molecule has 2 fully saturated rings. The summed E-state index contributed by atoms with van der Waals surface area (Å²) >= 11 is 0. The monoisotopic (exact) mass is 483 g/mol. The van der Waals surface area contributed by atoms with Gasteiger partial charge in [0, 0.05) is 57.0 Å². The highest BCUT2D eigenvalue weighted by Crippen LogP contribution is 2.43. The molecule has 0 radical (unpaired) electrons. The highest BCUT2D eigenvalue weighted by atomic mass is 16.5. The Labute approximate surface area is 212 Å². The van der Waals surface area contributed by atoms with Gasteiger partial charge in [0.15, 0.2) is 5.75 Å². The number of nitrogens with zero attached hydrogens (tertiary/aromatic N) is 4. The number of nitrogens with one attached hydrogen (secondary N) is 1. The lowest BCUT2D eigenvalue weighted by Gasteiger charge is -2.40. The van der Waals surface area contributed by atoms with Crippen LogP contribution < -0.4 is 15.0 Å². The van der Waals surface area contributed by atoms with Gasteiger partial charge in [-0.3, -0.25) is 14.5 Å². The number of amides is 1. The van der Waals surface area contributed by atoms with Crippen molar-refractivity contribution in [3.63, 3.8) is 0 Å². The number of hydrogen-bond acceptors (Lipinski definition) is 5. The van der Waals surface area contributed by atoms with E-state index in [-0.39, 0.29) is 11.3 Å². The van der Waals surface area contributed by atoms with Crippen LogP contribution in [0.25, 0.3) is 11.1 Å². The Kier molecular flexibility index (Phi) is 6.69. The third-order valence-corrected chi connectivity index (χ3v) is 7.59. The highest BCUT2D eigenvalue weighted by Gasteiger charge is 2.44. The Morgan fingerprint density at radius 3 is 2.53 bits per heavy atom. The number of ether oxygens (including phenoxy) is 1. The van der Waals surface area contributed by atoms with E-state index in [0.717, 1.165) is 74.3 Å². The molecule has 0 atom stereocenters. The van der Waals surface area contributed by atoms with Gasteiger partial charge in [-0.25, -0.2) is 0 Å². The summed E-state index contributed by atoms with van der Waals surface area (Å²) in [6, 6.07) is 8.14. The molecule has 2 aromatic heterocycles. The summed E-state index contributed by atoms with van der Waals surface area (Å²) < 4.78 is 7.66. The predicted octanol–water partition coefficient (Wildman–Crippen LogP) is 4.51. The maximum atomic E-state index is 12.6. The van der Waals surface area contributed by atoms with Crippen molar-refractivity contribution in [1.82, 2.24) is 20.1 Å². The number of pyridine rings is 1. The SMILES string of the molecule is C#CCCc1ncc(-c2ccc(Oc3cnn(C)c3)cc2)c(N2CCC3(CCNC3=O)CC2)c1CC. The van der Waals surface area contributed by atoms with Gasteiger partial charge in [0.1, 0.15) is 5.75 Å². The molecule has 7 nitrogen and oxygen atoms in total. The molecule has 2 saturated heterocycles. The normalized spacial score (nSPS) is 16.7. The fourth-order valence-electron chi connectivity index (χ4n) is 5.57. The first-order valence-electron chi connectivity index (χ1n) is 12.8. The van der Waals surface area contributed by atoms with Crippen molar-refractivity contribution < 1.29 is 9.53 Å². The fraction of sp³-hybridized carbons (Fsp3) is 0.414. The summed E-state index contributed by atoms with van der Waals surface area (Å²) in [5.74, 6) is 4.45. The number of carbonyl (C=O) groups excluding carboxylic acids is 1. The lowest BCUT2D eigenvalue weighted by atomic mass is 9.76. The summed E-state index contributed by atoms with van der Waals surface area (Å²) in [5, 5.41) is 7.21. The summed E-state index contributed by atoms with van der Waals surface area (Å²) in [6.45, 7) is 4.69. The van der Waals surface area contributed by atoms with Gasteiger partial charge in [-0.05, 0) is 48.9 Å². The summed E-state index contributed by atoms with van der Waals surface area (Å²) in [4.78, 5) is 19.9. The number of carbonyl (C=O) groups is 1. The quantitative estimate of drug-likeness (QED) is 0.501. The molecule has 1 spiro atoms. The van der Waals surface area contributed by atoms with Gasteiger partial charge in [0.25, 0.3) is 0 Å². The number of rotatable bonds is 7. The van der Waals surface area contributed by atoms with Crippen molar-refractivity contribution in [3.8, 4) is 35.0 Å². The zero-order valence-electron chi connectivity index (χ0n) is 21.1. The molecule has 0 aliphatic carbocycles. The topological polar surface area (TPSA) is 72.3 Å². The molecule has 7 heteroatoms. The van der Waals surface area contributed by atoms with E-state index >= 15 is 0 Å². The van der Waals surface area contributed by atoms with Crippen molar-refractivity contribution in [2.45, 2.75) is 45.4 Å². The van der Waals surface area contributed by atoms with Gasteiger partial charge in [0.2, 0.25) is 5.91 Å². The molecule has 1 amide bonds. The van der Waals surface area contributed by atoms with Crippen LogP contribution in [-0.4, -0.2) is 40.3 Å². The summed E-state index contributed by atoms with van der Waals surface area (Å²) in [7, 11) is 1.87. The molecule has 0 bridgehead atoms. The fourth-order valence-corrected chi connectivity index (χ4v) is 5.57. The molecule has 1 N–H and O–H groups in total. The minimum atomic E-state index is -0.201. The first kappa shape index (κ1) is 23.9. The van der Waals surface area contributed by atoms with Crippen LogP contribution in [0.3, 0.4) is 0 Å². The van der Waals surface area contributed by atoms with Crippen LogP contribution in [0.5, 0.6) is 11.5 Å². The van der Waals surface area contributed by atoms with E-state index in [1.807, 2.05) is 31.6 Å². The minimum absolute atomic E-state index is 0.201. The van der Waals surface area contributed by atoms with E-state index < -0.39 is 0 Å². The summed E-state index contributed by atoms with van der Waals surface area (Å²) in [5.41, 5.74) is 5.56. The molecule has 3 aromatic rings. The number of anilines is 1. The van der Waals surface area contributed by atoms with E-state index in [1.54, 1.807) is 10.9 Å². The second kappa shape index (κ2) is 10.1. The molecule has 36 heavy (non-hydrogen) atoms. The molecule has 2 aliphatic heterocycles. The Balaban J connectivity index is 1.48. The van der Waals surface area contributed by atoms with Gasteiger partial charge in [-0.2, -0.15) is 5.10 Å². The molecule has 4 heterocycles. The van der Waals surface area contributed by atoms with E-state index in [4.69, 9.17) is 16.1 Å². The average molecular weight is 484 g/mol. The number of piperidine rings is 1. The Hall–Kier alpha value is -3.79.